The van der Waals surface area contributed by atoms with E-state index in [-0.39, 0.29) is 16.8 Å². The number of unbranched alkanes of at least 4 members (excludes halogenated alkanes) is 1. The van der Waals surface area contributed by atoms with Crippen LogP contribution in [0.4, 0.5) is 0 Å². The number of carbonyl (C=O) groups is 1. The average Bonchev–Trinajstić information content (AvgIpc) is 2.38. The van der Waals surface area contributed by atoms with Gasteiger partial charge in [-0.2, -0.15) is 0 Å². The smallest absolute Gasteiger partial charge is 0.229 e. The first-order valence-corrected chi connectivity index (χ1v) is 7.18. The minimum atomic E-state index is -0.335. The molecular formula is C13H26N2O3S. The van der Waals surface area contributed by atoms with E-state index in [9.17, 15) is 4.79 Å². The Morgan fingerprint density at radius 1 is 1.32 bits per heavy atom. The fraction of sp³-hybridized carbons (Fsp3) is 0.846. The van der Waals surface area contributed by atoms with Crippen molar-refractivity contribution in [3.05, 3.63) is 0 Å². The van der Waals surface area contributed by atoms with Crippen molar-refractivity contribution < 1.29 is 14.3 Å². The highest BCUT2D eigenvalue weighted by Gasteiger charge is 2.19. The highest BCUT2D eigenvalue weighted by atomic mass is 32.1. The van der Waals surface area contributed by atoms with E-state index in [0.717, 1.165) is 19.3 Å². The van der Waals surface area contributed by atoms with E-state index >= 15 is 0 Å². The van der Waals surface area contributed by atoms with Crippen LogP contribution in [0, 0.1) is 5.92 Å². The van der Waals surface area contributed by atoms with Crippen molar-refractivity contribution >= 4 is 23.1 Å². The lowest BCUT2D eigenvalue weighted by molar-refractivity contribution is -0.123. The van der Waals surface area contributed by atoms with Gasteiger partial charge >= 0.3 is 0 Å². The number of amides is 1. The van der Waals surface area contributed by atoms with Crippen LogP contribution in [-0.2, 0) is 14.3 Å². The SMILES string of the molecule is CCCC(C(=O)NCCCCOCCOC)C(N)=S. The number of hydrogen-bond donors (Lipinski definition) is 2. The van der Waals surface area contributed by atoms with Crippen molar-refractivity contribution in [1.82, 2.24) is 5.32 Å². The second kappa shape index (κ2) is 12.3. The van der Waals surface area contributed by atoms with Crippen LogP contribution in [0.25, 0.3) is 0 Å². The van der Waals surface area contributed by atoms with E-state index in [0.29, 0.717) is 32.8 Å². The Bertz CT molecular complexity index is 262. The van der Waals surface area contributed by atoms with E-state index in [1.165, 1.54) is 0 Å². The number of hydrogen-bond acceptors (Lipinski definition) is 4. The monoisotopic (exact) mass is 290 g/mol. The van der Waals surface area contributed by atoms with Gasteiger partial charge in [-0.05, 0) is 19.3 Å². The number of nitrogens with one attached hydrogen (secondary N) is 1. The van der Waals surface area contributed by atoms with Gasteiger partial charge in [0.1, 0.15) is 0 Å². The molecule has 0 heterocycles. The van der Waals surface area contributed by atoms with Crippen LogP contribution in [0.15, 0.2) is 0 Å². The third-order valence-electron chi connectivity index (χ3n) is 2.68. The maximum atomic E-state index is 11.8. The summed E-state index contributed by atoms with van der Waals surface area (Å²) < 4.78 is 10.2. The molecule has 112 valence electrons. The Balaban J connectivity index is 3.58. The van der Waals surface area contributed by atoms with Gasteiger partial charge in [-0.25, -0.2) is 0 Å². The molecule has 0 saturated heterocycles. The normalized spacial score (nSPS) is 12.1. The van der Waals surface area contributed by atoms with Crippen LogP contribution in [0.3, 0.4) is 0 Å². The lowest BCUT2D eigenvalue weighted by Crippen LogP contribution is -2.38. The first-order valence-electron chi connectivity index (χ1n) is 6.77. The van der Waals surface area contributed by atoms with Gasteiger partial charge in [-0.1, -0.05) is 25.6 Å². The third kappa shape index (κ3) is 9.81. The molecule has 5 nitrogen and oxygen atoms in total. The number of methoxy groups -OCH3 is 1. The number of thiocarbonyl (C=S) groups is 1. The topological polar surface area (TPSA) is 73.6 Å². The molecule has 0 aromatic rings. The van der Waals surface area contributed by atoms with Gasteiger partial charge in [-0.3, -0.25) is 4.79 Å². The summed E-state index contributed by atoms with van der Waals surface area (Å²) in [7, 11) is 1.65. The Morgan fingerprint density at radius 3 is 2.63 bits per heavy atom. The minimum absolute atomic E-state index is 0.0605. The van der Waals surface area contributed by atoms with Gasteiger partial charge in [0.15, 0.2) is 0 Å². The predicted octanol–water partition coefficient (Wildman–Crippen LogP) is 1.25. The molecule has 0 spiro atoms. The molecule has 0 aromatic heterocycles. The fourth-order valence-electron chi connectivity index (χ4n) is 1.60. The van der Waals surface area contributed by atoms with Crippen LogP contribution < -0.4 is 11.1 Å². The van der Waals surface area contributed by atoms with Gasteiger partial charge in [0.25, 0.3) is 0 Å². The summed E-state index contributed by atoms with van der Waals surface area (Å²) >= 11 is 4.90. The van der Waals surface area contributed by atoms with Crippen LogP contribution in [-0.4, -0.2) is 44.4 Å². The second-order valence-corrected chi connectivity index (χ2v) is 4.82. The molecule has 0 saturated carbocycles. The maximum absolute atomic E-state index is 11.8. The fourth-order valence-corrected chi connectivity index (χ4v) is 1.82. The van der Waals surface area contributed by atoms with E-state index in [2.05, 4.69) is 5.32 Å². The van der Waals surface area contributed by atoms with Crippen LogP contribution in [0.5, 0.6) is 0 Å². The molecule has 0 aliphatic heterocycles. The molecule has 6 heteroatoms. The predicted molar refractivity (Wildman–Crippen MR) is 80.1 cm³/mol. The standard InChI is InChI=1S/C13H26N2O3S/c1-3-6-11(12(14)19)13(16)15-7-4-5-8-18-10-9-17-2/h11H,3-10H2,1-2H3,(H2,14,19)(H,15,16). The summed E-state index contributed by atoms with van der Waals surface area (Å²) in [5, 5.41) is 2.86. The first-order chi connectivity index (χ1) is 9.13. The molecule has 0 aromatic carbocycles. The van der Waals surface area contributed by atoms with Gasteiger partial charge in [0, 0.05) is 20.3 Å². The van der Waals surface area contributed by atoms with E-state index in [1.54, 1.807) is 7.11 Å². The zero-order chi connectivity index (χ0) is 14.5. The summed E-state index contributed by atoms with van der Waals surface area (Å²) in [6.07, 6.45) is 3.40. The minimum Gasteiger partial charge on any atom is -0.393 e. The zero-order valence-electron chi connectivity index (χ0n) is 11.9. The Morgan fingerprint density at radius 2 is 2.05 bits per heavy atom. The molecule has 0 aliphatic rings. The summed E-state index contributed by atoms with van der Waals surface area (Å²) in [6.45, 7) is 4.56. The third-order valence-corrected chi connectivity index (χ3v) is 2.97. The van der Waals surface area contributed by atoms with E-state index < -0.39 is 0 Å². The van der Waals surface area contributed by atoms with Crippen LogP contribution in [0.1, 0.15) is 32.6 Å². The van der Waals surface area contributed by atoms with Crippen molar-refractivity contribution in [3.63, 3.8) is 0 Å². The highest BCUT2D eigenvalue weighted by Crippen LogP contribution is 2.06. The summed E-state index contributed by atoms with van der Waals surface area (Å²) in [6, 6.07) is 0. The molecule has 0 aliphatic carbocycles. The largest absolute Gasteiger partial charge is 0.393 e. The van der Waals surface area contributed by atoms with Crippen LogP contribution >= 0.6 is 12.2 Å². The molecule has 19 heavy (non-hydrogen) atoms. The number of ether oxygens (including phenoxy) is 2. The molecular weight excluding hydrogens is 264 g/mol. The highest BCUT2D eigenvalue weighted by molar-refractivity contribution is 7.80. The molecule has 0 bridgehead atoms. The van der Waals surface area contributed by atoms with E-state index in [4.69, 9.17) is 27.4 Å². The second-order valence-electron chi connectivity index (χ2n) is 4.35. The van der Waals surface area contributed by atoms with Gasteiger partial charge in [-0.15, -0.1) is 0 Å². The molecule has 0 rings (SSSR count). The van der Waals surface area contributed by atoms with Crippen molar-refractivity contribution in [2.24, 2.45) is 11.7 Å². The lowest BCUT2D eigenvalue weighted by Gasteiger charge is -2.14. The summed E-state index contributed by atoms with van der Waals surface area (Å²) in [5.74, 6) is -0.396. The van der Waals surface area contributed by atoms with Crippen molar-refractivity contribution in [3.8, 4) is 0 Å². The van der Waals surface area contributed by atoms with Crippen LogP contribution in [0.2, 0.25) is 0 Å². The van der Waals surface area contributed by atoms with Gasteiger partial charge < -0.3 is 20.5 Å². The molecule has 0 fully saturated rings. The molecule has 1 atom stereocenters. The van der Waals surface area contributed by atoms with E-state index in [1.807, 2.05) is 6.92 Å². The lowest BCUT2D eigenvalue weighted by atomic mass is 10.0. The van der Waals surface area contributed by atoms with Gasteiger partial charge in [0.05, 0.1) is 24.1 Å². The molecule has 1 amide bonds. The Hall–Kier alpha value is -0.720. The Labute approximate surface area is 121 Å². The summed E-state index contributed by atoms with van der Waals surface area (Å²) in [4.78, 5) is 12.1. The Kier molecular flexibility index (Phi) is 11.9. The number of nitrogens with two attached hydrogens (primary N) is 1. The van der Waals surface area contributed by atoms with Crippen molar-refractivity contribution in [1.29, 1.82) is 0 Å². The molecule has 1 unspecified atom stereocenters. The summed E-state index contributed by atoms with van der Waals surface area (Å²) in [5.41, 5.74) is 5.56. The van der Waals surface area contributed by atoms with Gasteiger partial charge in [0.2, 0.25) is 5.91 Å². The number of rotatable bonds is 12. The zero-order valence-corrected chi connectivity index (χ0v) is 12.8. The van der Waals surface area contributed by atoms with Crippen molar-refractivity contribution in [2.75, 3.05) is 33.5 Å². The molecule has 3 N–H and O–H groups in total. The molecule has 0 radical (unpaired) electrons. The first kappa shape index (κ1) is 18.3. The quantitative estimate of drug-likeness (QED) is 0.418. The average molecular weight is 290 g/mol. The maximum Gasteiger partial charge on any atom is 0.229 e. The number of carbonyl (C=O) groups excluding carboxylic acids is 1. The van der Waals surface area contributed by atoms with Crippen molar-refractivity contribution in [2.45, 2.75) is 32.6 Å².